The summed E-state index contributed by atoms with van der Waals surface area (Å²) in [5, 5.41) is 3.01. The van der Waals surface area contributed by atoms with Crippen molar-refractivity contribution >= 4 is 5.91 Å². The first-order valence-electron chi connectivity index (χ1n) is 7.63. The fourth-order valence-corrected chi connectivity index (χ4v) is 2.30. The lowest BCUT2D eigenvalue weighted by atomic mass is 10.0. The van der Waals surface area contributed by atoms with E-state index in [0.29, 0.717) is 18.9 Å². The van der Waals surface area contributed by atoms with Crippen LogP contribution >= 0.6 is 0 Å². The molecule has 1 unspecified atom stereocenters. The highest BCUT2D eigenvalue weighted by Gasteiger charge is 2.07. The van der Waals surface area contributed by atoms with E-state index in [9.17, 15) is 4.79 Å². The molecular weight excluding hydrogens is 274 g/mol. The maximum Gasteiger partial charge on any atom is 0.220 e. The molecule has 0 radical (unpaired) electrons. The first kappa shape index (κ1) is 16.1. The number of rotatable bonds is 7. The molecule has 0 aromatic heterocycles. The van der Waals surface area contributed by atoms with Crippen LogP contribution in [0.15, 0.2) is 54.6 Å². The molecule has 0 saturated heterocycles. The molecular formula is C19H23NO2. The Morgan fingerprint density at radius 1 is 1.09 bits per heavy atom. The van der Waals surface area contributed by atoms with Gasteiger partial charge in [-0.1, -0.05) is 49.4 Å². The van der Waals surface area contributed by atoms with E-state index in [1.165, 1.54) is 5.56 Å². The van der Waals surface area contributed by atoms with Gasteiger partial charge in [0.2, 0.25) is 5.91 Å². The van der Waals surface area contributed by atoms with Crippen molar-refractivity contribution in [2.24, 2.45) is 0 Å². The maximum absolute atomic E-state index is 11.9. The molecule has 1 amide bonds. The molecule has 0 bridgehead atoms. The van der Waals surface area contributed by atoms with Gasteiger partial charge in [-0.3, -0.25) is 4.79 Å². The van der Waals surface area contributed by atoms with E-state index in [-0.39, 0.29) is 5.91 Å². The third-order valence-electron chi connectivity index (χ3n) is 3.77. The molecule has 0 fully saturated rings. The zero-order chi connectivity index (χ0) is 15.8. The second kappa shape index (κ2) is 8.23. The van der Waals surface area contributed by atoms with Crippen molar-refractivity contribution < 1.29 is 9.53 Å². The summed E-state index contributed by atoms with van der Waals surface area (Å²) in [5.74, 6) is 1.26. The number of amides is 1. The van der Waals surface area contributed by atoms with E-state index in [4.69, 9.17) is 4.74 Å². The SMILES string of the molecule is COc1ccc(CCC(=O)NCC(C)c2ccccc2)cc1. The van der Waals surface area contributed by atoms with Crippen molar-refractivity contribution in [1.82, 2.24) is 5.32 Å². The molecule has 116 valence electrons. The van der Waals surface area contributed by atoms with Crippen molar-refractivity contribution in [3.05, 3.63) is 65.7 Å². The van der Waals surface area contributed by atoms with Gasteiger partial charge in [-0.25, -0.2) is 0 Å². The van der Waals surface area contributed by atoms with Gasteiger partial charge >= 0.3 is 0 Å². The summed E-state index contributed by atoms with van der Waals surface area (Å²) < 4.78 is 5.12. The molecule has 0 spiro atoms. The molecule has 1 atom stereocenters. The second-order valence-corrected chi connectivity index (χ2v) is 5.46. The minimum atomic E-state index is 0.0959. The average molecular weight is 297 g/mol. The van der Waals surface area contributed by atoms with Crippen LogP contribution in [0.4, 0.5) is 0 Å². The Morgan fingerprint density at radius 3 is 2.41 bits per heavy atom. The third kappa shape index (κ3) is 4.92. The van der Waals surface area contributed by atoms with E-state index in [0.717, 1.165) is 17.7 Å². The summed E-state index contributed by atoms with van der Waals surface area (Å²) in [6.07, 6.45) is 1.25. The van der Waals surface area contributed by atoms with Crippen molar-refractivity contribution in [3.63, 3.8) is 0 Å². The van der Waals surface area contributed by atoms with Crippen molar-refractivity contribution in [1.29, 1.82) is 0 Å². The highest BCUT2D eigenvalue weighted by Crippen LogP contribution is 2.14. The molecule has 2 aromatic rings. The zero-order valence-electron chi connectivity index (χ0n) is 13.2. The molecule has 0 saturated carbocycles. The minimum absolute atomic E-state index is 0.0959. The normalized spacial score (nSPS) is 11.7. The topological polar surface area (TPSA) is 38.3 Å². The van der Waals surface area contributed by atoms with Gasteiger partial charge in [0, 0.05) is 13.0 Å². The average Bonchev–Trinajstić information content (AvgIpc) is 2.59. The first-order valence-corrected chi connectivity index (χ1v) is 7.63. The number of nitrogens with one attached hydrogen (secondary N) is 1. The number of ether oxygens (including phenoxy) is 1. The van der Waals surface area contributed by atoms with Crippen LogP contribution in [0.5, 0.6) is 5.75 Å². The third-order valence-corrected chi connectivity index (χ3v) is 3.77. The standard InChI is InChI=1S/C19H23NO2/c1-15(17-6-4-3-5-7-17)14-20-19(21)13-10-16-8-11-18(22-2)12-9-16/h3-9,11-12,15H,10,13-14H2,1-2H3,(H,20,21). The Balaban J connectivity index is 1.73. The van der Waals surface area contributed by atoms with Crippen LogP contribution in [0.1, 0.15) is 30.4 Å². The summed E-state index contributed by atoms with van der Waals surface area (Å²) >= 11 is 0. The molecule has 1 N–H and O–H groups in total. The summed E-state index contributed by atoms with van der Waals surface area (Å²) in [5.41, 5.74) is 2.39. The molecule has 0 aliphatic rings. The van der Waals surface area contributed by atoms with Gasteiger partial charge in [-0.2, -0.15) is 0 Å². The lowest BCUT2D eigenvalue weighted by Crippen LogP contribution is -2.27. The van der Waals surface area contributed by atoms with E-state index in [1.807, 2.05) is 42.5 Å². The quantitative estimate of drug-likeness (QED) is 0.849. The van der Waals surface area contributed by atoms with Crippen LogP contribution in [0.25, 0.3) is 0 Å². The number of carbonyl (C=O) groups excluding carboxylic acids is 1. The van der Waals surface area contributed by atoms with Crippen LogP contribution in [0, 0.1) is 0 Å². The minimum Gasteiger partial charge on any atom is -0.497 e. The highest BCUT2D eigenvalue weighted by atomic mass is 16.5. The summed E-state index contributed by atoms with van der Waals surface area (Å²) in [6.45, 7) is 2.80. The largest absolute Gasteiger partial charge is 0.497 e. The molecule has 2 rings (SSSR count). The number of hydrogen-bond acceptors (Lipinski definition) is 2. The van der Waals surface area contributed by atoms with Crippen LogP contribution in [0.3, 0.4) is 0 Å². The van der Waals surface area contributed by atoms with E-state index in [1.54, 1.807) is 7.11 Å². The zero-order valence-corrected chi connectivity index (χ0v) is 13.2. The van der Waals surface area contributed by atoms with Gasteiger partial charge in [0.25, 0.3) is 0 Å². The Bertz CT molecular complexity index is 578. The number of hydrogen-bond donors (Lipinski definition) is 1. The smallest absolute Gasteiger partial charge is 0.220 e. The summed E-state index contributed by atoms with van der Waals surface area (Å²) in [4.78, 5) is 11.9. The van der Waals surface area contributed by atoms with Gasteiger partial charge in [0.05, 0.1) is 7.11 Å². The number of aryl methyl sites for hydroxylation is 1. The maximum atomic E-state index is 11.9. The second-order valence-electron chi connectivity index (χ2n) is 5.46. The van der Waals surface area contributed by atoms with Gasteiger partial charge < -0.3 is 10.1 Å². The lowest BCUT2D eigenvalue weighted by Gasteiger charge is -2.13. The molecule has 3 nitrogen and oxygen atoms in total. The Labute approximate surface area is 132 Å². The van der Waals surface area contributed by atoms with Crippen LogP contribution in [-0.2, 0) is 11.2 Å². The van der Waals surface area contributed by atoms with Gasteiger partial charge in [0.15, 0.2) is 0 Å². The molecule has 0 aliphatic heterocycles. The monoisotopic (exact) mass is 297 g/mol. The Morgan fingerprint density at radius 2 is 1.77 bits per heavy atom. The van der Waals surface area contributed by atoms with Crippen LogP contribution in [0.2, 0.25) is 0 Å². The van der Waals surface area contributed by atoms with E-state index in [2.05, 4.69) is 24.4 Å². The van der Waals surface area contributed by atoms with Crippen molar-refractivity contribution in [3.8, 4) is 5.75 Å². The highest BCUT2D eigenvalue weighted by molar-refractivity contribution is 5.76. The molecule has 22 heavy (non-hydrogen) atoms. The predicted octanol–water partition coefficient (Wildman–Crippen LogP) is 3.55. The molecule has 0 heterocycles. The van der Waals surface area contributed by atoms with Crippen molar-refractivity contribution in [2.45, 2.75) is 25.7 Å². The van der Waals surface area contributed by atoms with Crippen LogP contribution in [-0.4, -0.2) is 19.6 Å². The fraction of sp³-hybridized carbons (Fsp3) is 0.316. The van der Waals surface area contributed by atoms with E-state index < -0.39 is 0 Å². The summed E-state index contributed by atoms with van der Waals surface area (Å²) in [7, 11) is 1.65. The van der Waals surface area contributed by atoms with Gasteiger partial charge in [0.1, 0.15) is 5.75 Å². The Hall–Kier alpha value is -2.29. The number of methoxy groups -OCH3 is 1. The fourth-order valence-electron chi connectivity index (χ4n) is 2.30. The van der Waals surface area contributed by atoms with Crippen molar-refractivity contribution in [2.75, 3.05) is 13.7 Å². The Kier molecular flexibility index (Phi) is 6.01. The molecule has 3 heteroatoms. The van der Waals surface area contributed by atoms with Gasteiger partial charge in [-0.05, 0) is 35.6 Å². The van der Waals surface area contributed by atoms with Gasteiger partial charge in [-0.15, -0.1) is 0 Å². The lowest BCUT2D eigenvalue weighted by molar-refractivity contribution is -0.121. The van der Waals surface area contributed by atoms with E-state index >= 15 is 0 Å². The molecule has 2 aromatic carbocycles. The first-order chi connectivity index (χ1) is 10.7. The predicted molar refractivity (Wildman–Crippen MR) is 89.2 cm³/mol. The number of benzene rings is 2. The summed E-state index contributed by atoms with van der Waals surface area (Å²) in [6, 6.07) is 18.1. The number of carbonyl (C=O) groups is 1. The van der Waals surface area contributed by atoms with Crippen LogP contribution < -0.4 is 10.1 Å². The molecule has 0 aliphatic carbocycles.